The van der Waals surface area contributed by atoms with E-state index in [0.29, 0.717) is 15.0 Å². The fraction of sp³-hybridized carbons (Fsp3) is 0.0667. The van der Waals surface area contributed by atoms with Gasteiger partial charge in [-0.2, -0.15) is 0 Å². The van der Waals surface area contributed by atoms with Crippen molar-refractivity contribution in [1.82, 2.24) is 0 Å². The normalized spacial score (nSPS) is 12.3. The zero-order valence-electron chi connectivity index (χ0n) is 11.7. The molecule has 0 aliphatic heterocycles. The zero-order chi connectivity index (χ0) is 17.0. The Morgan fingerprint density at radius 3 is 2.43 bits per heavy atom. The summed E-state index contributed by atoms with van der Waals surface area (Å²) in [5, 5.41) is 10.9. The van der Waals surface area contributed by atoms with Crippen molar-refractivity contribution < 1.29 is 14.6 Å². The number of aliphatic hydroxyl groups excluding tert-OH is 1. The average molecular weight is 391 g/mol. The SMILES string of the molecule is COC(=O)/C(C=Nc1ccc(Cl)cc1)=C(\O)c1cc(Cl)sc1Cl. The molecule has 0 unspecified atom stereocenters. The molecule has 0 fully saturated rings. The van der Waals surface area contributed by atoms with Crippen LogP contribution in [0, 0.1) is 0 Å². The number of ether oxygens (including phenoxy) is 1. The number of methoxy groups -OCH3 is 1. The maximum atomic E-state index is 11.9. The molecule has 2 rings (SSSR count). The number of esters is 1. The van der Waals surface area contributed by atoms with Crippen LogP contribution in [0.3, 0.4) is 0 Å². The first-order chi connectivity index (χ1) is 10.9. The number of halogens is 3. The number of carbonyl (C=O) groups is 1. The van der Waals surface area contributed by atoms with Crippen molar-refractivity contribution in [2.45, 2.75) is 0 Å². The van der Waals surface area contributed by atoms with Gasteiger partial charge in [-0.05, 0) is 30.3 Å². The van der Waals surface area contributed by atoms with Gasteiger partial charge in [0.15, 0.2) is 0 Å². The van der Waals surface area contributed by atoms with Crippen LogP contribution in [0.4, 0.5) is 5.69 Å². The molecule has 0 bridgehead atoms. The van der Waals surface area contributed by atoms with Gasteiger partial charge in [0, 0.05) is 16.8 Å². The third kappa shape index (κ3) is 4.48. The van der Waals surface area contributed by atoms with Gasteiger partial charge >= 0.3 is 5.97 Å². The molecular weight excluding hydrogens is 381 g/mol. The Bertz CT molecular complexity index is 782. The maximum absolute atomic E-state index is 11.9. The molecule has 0 spiro atoms. The van der Waals surface area contributed by atoms with Gasteiger partial charge in [-0.1, -0.05) is 34.8 Å². The Hall–Kier alpha value is -1.53. The lowest BCUT2D eigenvalue weighted by atomic mass is 10.1. The first-order valence-electron chi connectivity index (χ1n) is 6.18. The van der Waals surface area contributed by atoms with Crippen LogP contribution in [0.1, 0.15) is 5.56 Å². The molecular formula is C15H10Cl3NO3S. The largest absolute Gasteiger partial charge is 0.506 e. The third-order valence-electron chi connectivity index (χ3n) is 2.74. The quantitative estimate of drug-likeness (QED) is 0.322. The van der Waals surface area contributed by atoms with E-state index in [1.807, 2.05) is 0 Å². The van der Waals surface area contributed by atoms with Crippen molar-refractivity contribution in [2.24, 2.45) is 4.99 Å². The number of aliphatic hydroxyl groups is 1. The van der Waals surface area contributed by atoms with Gasteiger partial charge in [0.25, 0.3) is 0 Å². The standard InChI is InChI=1S/C15H10Cl3NO3S/c1-22-15(21)11(7-19-9-4-2-8(16)3-5-9)13(20)10-6-12(17)23-14(10)18/h2-7,20H,1H3/b13-11-,19-7?. The molecule has 2 aromatic rings. The van der Waals surface area contributed by atoms with Crippen LogP contribution in [-0.4, -0.2) is 24.4 Å². The highest BCUT2D eigenvalue weighted by Gasteiger charge is 2.19. The number of nitrogens with zero attached hydrogens (tertiary/aromatic N) is 1. The molecule has 23 heavy (non-hydrogen) atoms. The summed E-state index contributed by atoms with van der Waals surface area (Å²) in [5.74, 6) is -1.11. The lowest BCUT2D eigenvalue weighted by Crippen LogP contribution is -2.08. The van der Waals surface area contributed by atoms with Crippen LogP contribution in [0.5, 0.6) is 0 Å². The summed E-state index contributed by atoms with van der Waals surface area (Å²) in [6.45, 7) is 0. The maximum Gasteiger partial charge on any atom is 0.343 e. The van der Waals surface area contributed by atoms with Crippen LogP contribution in [-0.2, 0) is 9.53 Å². The number of hydrogen-bond donors (Lipinski definition) is 1. The molecule has 0 saturated carbocycles. The van der Waals surface area contributed by atoms with Crippen molar-refractivity contribution in [2.75, 3.05) is 7.11 Å². The Balaban J connectivity index is 2.44. The van der Waals surface area contributed by atoms with Crippen molar-refractivity contribution in [3.05, 3.63) is 55.2 Å². The lowest BCUT2D eigenvalue weighted by Gasteiger charge is -2.04. The third-order valence-corrected chi connectivity index (χ3v) is 4.48. The molecule has 0 radical (unpaired) electrons. The second kappa shape index (κ2) is 7.84. The number of benzene rings is 1. The number of rotatable bonds is 4. The molecule has 8 heteroatoms. The second-order valence-corrected chi connectivity index (χ2v) is 6.95. The van der Waals surface area contributed by atoms with Gasteiger partial charge < -0.3 is 9.84 Å². The average Bonchev–Trinajstić information content (AvgIpc) is 2.87. The minimum Gasteiger partial charge on any atom is -0.506 e. The van der Waals surface area contributed by atoms with E-state index < -0.39 is 5.97 Å². The highest BCUT2D eigenvalue weighted by molar-refractivity contribution is 7.20. The number of aliphatic imine (C=N–C) groups is 1. The summed E-state index contributed by atoms with van der Waals surface area (Å²) in [7, 11) is 1.20. The second-order valence-electron chi connectivity index (χ2n) is 4.23. The molecule has 4 nitrogen and oxygen atoms in total. The van der Waals surface area contributed by atoms with Gasteiger partial charge in [0.2, 0.25) is 0 Å². The Kier molecular flexibility index (Phi) is 6.07. The summed E-state index contributed by atoms with van der Waals surface area (Å²) >= 11 is 18.7. The smallest absolute Gasteiger partial charge is 0.343 e. The molecule has 1 aromatic carbocycles. The van der Waals surface area contributed by atoms with E-state index in [1.165, 1.54) is 19.4 Å². The lowest BCUT2D eigenvalue weighted by molar-refractivity contribution is -0.135. The van der Waals surface area contributed by atoms with Crippen molar-refractivity contribution >= 4 is 69.8 Å². The Morgan fingerprint density at radius 2 is 1.91 bits per heavy atom. The minimum absolute atomic E-state index is 0.140. The molecule has 1 heterocycles. The van der Waals surface area contributed by atoms with Crippen molar-refractivity contribution in [1.29, 1.82) is 0 Å². The number of thiophene rings is 1. The molecule has 1 aromatic heterocycles. The first-order valence-corrected chi connectivity index (χ1v) is 8.13. The fourth-order valence-electron chi connectivity index (χ4n) is 1.63. The van der Waals surface area contributed by atoms with Gasteiger partial charge in [0.1, 0.15) is 15.7 Å². The molecule has 0 atom stereocenters. The van der Waals surface area contributed by atoms with Crippen LogP contribution >= 0.6 is 46.1 Å². The van der Waals surface area contributed by atoms with Crippen molar-refractivity contribution in [3.8, 4) is 0 Å². The highest BCUT2D eigenvalue weighted by Crippen LogP contribution is 2.35. The fourth-order valence-corrected chi connectivity index (χ4v) is 3.23. The van der Waals surface area contributed by atoms with Gasteiger partial charge in [-0.3, -0.25) is 4.99 Å². The molecule has 0 aliphatic rings. The zero-order valence-corrected chi connectivity index (χ0v) is 14.8. The summed E-state index contributed by atoms with van der Waals surface area (Å²) < 4.78 is 5.31. The van der Waals surface area contributed by atoms with E-state index in [9.17, 15) is 9.90 Å². The van der Waals surface area contributed by atoms with E-state index in [2.05, 4.69) is 9.73 Å². The monoisotopic (exact) mass is 389 g/mol. The first kappa shape index (κ1) is 17.8. The van der Waals surface area contributed by atoms with E-state index in [1.54, 1.807) is 24.3 Å². The predicted molar refractivity (Wildman–Crippen MR) is 95.5 cm³/mol. The molecule has 0 amide bonds. The highest BCUT2D eigenvalue weighted by atomic mass is 35.5. The summed E-state index contributed by atoms with van der Waals surface area (Å²) in [6, 6.07) is 8.11. The Morgan fingerprint density at radius 1 is 1.26 bits per heavy atom. The van der Waals surface area contributed by atoms with Gasteiger partial charge in [-0.15, -0.1) is 11.3 Å². The van der Waals surface area contributed by atoms with Gasteiger partial charge in [-0.25, -0.2) is 4.79 Å². The number of carbonyl (C=O) groups excluding carboxylic acids is 1. The van der Waals surface area contributed by atoms with E-state index in [4.69, 9.17) is 34.8 Å². The molecule has 1 N–H and O–H groups in total. The Labute approximate surface area is 151 Å². The molecule has 120 valence electrons. The van der Waals surface area contributed by atoms with Crippen LogP contribution in [0.15, 0.2) is 40.9 Å². The summed E-state index contributed by atoms with van der Waals surface area (Å²) in [4.78, 5) is 16.0. The summed E-state index contributed by atoms with van der Waals surface area (Å²) in [6.07, 6.45) is 1.20. The topological polar surface area (TPSA) is 58.9 Å². The van der Waals surface area contributed by atoms with Crippen LogP contribution in [0.25, 0.3) is 5.76 Å². The minimum atomic E-state index is -0.751. The van der Waals surface area contributed by atoms with Gasteiger partial charge in [0.05, 0.1) is 17.1 Å². The predicted octanol–water partition coefficient (Wildman–Crippen LogP) is 5.55. The van der Waals surface area contributed by atoms with E-state index in [0.717, 1.165) is 11.3 Å². The van der Waals surface area contributed by atoms with Crippen LogP contribution < -0.4 is 0 Å². The molecule has 0 aliphatic carbocycles. The van der Waals surface area contributed by atoms with E-state index in [-0.39, 0.29) is 21.2 Å². The number of hydrogen-bond acceptors (Lipinski definition) is 5. The van der Waals surface area contributed by atoms with Crippen molar-refractivity contribution in [3.63, 3.8) is 0 Å². The van der Waals surface area contributed by atoms with E-state index >= 15 is 0 Å². The summed E-state index contributed by atoms with van der Waals surface area (Å²) in [5.41, 5.74) is 0.654. The molecule has 0 saturated heterocycles. The van der Waals surface area contributed by atoms with Crippen LogP contribution in [0.2, 0.25) is 13.7 Å².